The molecular weight excluding hydrogens is 315 g/mol. The third-order valence-corrected chi connectivity index (χ3v) is 4.16. The lowest BCUT2D eigenvalue weighted by molar-refractivity contribution is -0.118. The second-order valence-electron chi connectivity index (χ2n) is 5.31. The molecule has 0 bridgehead atoms. The molecule has 0 spiro atoms. The molecule has 2 atom stereocenters. The molecule has 1 aliphatic rings. The van der Waals surface area contributed by atoms with E-state index in [9.17, 15) is 9.18 Å². The van der Waals surface area contributed by atoms with Crippen molar-refractivity contribution in [2.24, 2.45) is 5.92 Å². The van der Waals surface area contributed by atoms with Crippen LogP contribution in [-0.4, -0.2) is 18.0 Å². The molecular formula is C18H16ClFN2O. The Hall–Kier alpha value is -2.17. The average molecular weight is 331 g/mol. The first-order chi connectivity index (χ1) is 11.1. The molecule has 2 unspecified atom stereocenters. The Balaban J connectivity index is 1.86. The van der Waals surface area contributed by atoms with Gasteiger partial charge >= 0.3 is 0 Å². The van der Waals surface area contributed by atoms with Crippen LogP contribution in [0.1, 0.15) is 0 Å². The van der Waals surface area contributed by atoms with E-state index in [0.717, 1.165) is 11.1 Å². The van der Waals surface area contributed by atoms with Gasteiger partial charge in [-0.05, 0) is 23.8 Å². The highest BCUT2D eigenvalue weighted by atomic mass is 35.5. The maximum absolute atomic E-state index is 13.1. The summed E-state index contributed by atoms with van der Waals surface area (Å²) >= 11 is 6.15. The van der Waals surface area contributed by atoms with Crippen LogP contribution in [0, 0.1) is 11.7 Å². The van der Waals surface area contributed by atoms with E-state index in [1.54, 1.807) is 12.1 Å². The number of para-hydroxylation sites is 1. The molecule has 3 rings (SSSR count). The van der Waals surface area contributed by atoms with Crippen molar-refractivity contribution in [3.05, 3.63) is 66.5 Å². The van der Waals surface area contributed by atoms with Gasteiger partial charge in [0, 0.05) is 17.8 Å². The lowest BCUT2D eigenvalue weighted by Crippen LogP contribution is -2.40. The van der Waals surface area contributed by atoms with Crippen molar-refractivity contribution in [2.45, 2.75) is 5.50 Å². The zero-order valence-electron chi connectivity index (χ0n) is 12.3. The number of nitrogens with one attached hydrogen (secondary N) is 2. The van der Waals surface area contributed by atoms with Crippen LogP contribution in [-0.2, 0) is 4.79 Å². The van der Waals surface area contributed by atoms with Crippen molar-refractivity contribution in [1.82, 2.24) is 5.32 Å². The molecule has 0 radical (unpaired) electrons. The molecule has 0 aliphatic carbocycles. The zero-order chi connectivity index (χ0) is 16.2. The fraction of sp³-hybridized carbons (Fsp3) is 0.167. The van der Waals surface area contributed by atoms with Gasteiger partial charge in [0.2, 0.25) is 5.91 Å². The molecule has 0 aromatic heterocycles. The summed E-state index contributed by atoms with van der Waals surface area (Å²) in [6.45, 7) is 0.657. The molecule has 2 aromatic rings. The summed E-state index contributed by atoms with van der Waals surface area (Å²) in [5.74, 6) is -0.909. The van der Waals surface area contributed by atoms with Crippen LogP contribution in [0.4, 0.5) is 10.1 Å². The largest absolute Gasteiger partial charge is 0.325 e. The van der Waals surface area contributed by atoms with Gasteiger partial charge in [0.25, 0.3) is 0 Å². The van der Waals surface area contributed by atoms with Gasteiger partial charge in [-0.2, -0.15) is 0 Å². The molecule has 0 fully saturated rings. The van der Waals surface area contributed by atoms with E-state index in [1.165, 1.54) is 12.1 Å². The summed E-state index contributed by atoms with van der Waals surface area (Å²) in [4.78, 5) is 12.5. The number of rotatable bonds is 3. The predicted octanol–water partition coefficient (Wildman–Crippen LogP) is 3.77. The lowest BCUT2D eigenvalue weighted by Gasteiger charge is -2.23. The summed E-state index contributed by atoms with van der Waals surface area (Å²) < 4.78 is 13.1. The van der Waals surface area contributed by atoms with Crippen LogP contribution < -0.4 is 10.6 Å². The highest BCUT2D eigenvalue weighted by Crippen LogP contribution is 2.29. The average Bonchev–Trinajstić information content (AvgIpc) is 2.56. The van der Waals surface area contributed by atoms with Gasteiger partial charge in [0.05, 0.1) is 11.4 Å². The third kappa shape index (κ3) is 3.60. The van der Waals surface area contributed by atoms with Gasteiger partial charge in [-0.25, -0.2) is 4.39 Å². The molecule has 1 heterocycles. The summed E-state index contributed by atoms with van der Waals surface area (Å²) in [5, 5.41) is 5.94. The number of hydrogen-bond acceptors (Lipinski definition) is 2. The first-order valence-corrected chi connectivity index (χ1v) is 7.79. The summed E-state index contributed by atoms with van der Waals surface area (Å²) in [6.07, 6.45) is 3.69. The minimum absolute atomic E-state index is 0.178. The van der Waals surface area contributed by atoms with Crippen molar-refractivity contribution in [2.75, 3.05) is 11.9 Å². The Morgan fingerprint density at radius 2 is 1.91 bits per heavy atom. The SMILES string of the molecule is O=C(Nc1ccccc1-c1ccc(F)cc1)C1C=CCNC1Cl. The van der Waals surface area contributed by atoms with E-state index in [2.05, 4.69) is 10.6 Å². The Labute approximate surface area is 139 Å². The number of anilines is 1. The molecule has 1 aliphatic heterocycles. The number of carbonyl (C=O) groups excluding carboxylic acids is 1. The highest BCUT2D eigenvalue weighted by molar-refractivity contribution is 6.22. The number of amides is 1. The Morgan fingerprint density at radius 1 is 1.17 bits per heavy atom. The van der Waals surface area contributed by atoms with E-state index in [0.29, 0.717) is 12.2 Å². The number of alkyl halides is 1. The second kappa shape index (κ2) is 6.94. The van der Waals surface area contributed by atoms with Crippen LogP contribution in [0.3, 0.4) is 0 Å². The topological polar surface area (TPSA) is 41.1 Å². The molecule has 0 saturated carbocycles. The number of halogens is 2. The standard InChI is InChI=1S/C18H16ClFN2O/c19-17-15(5-3-11-21-17)18(23)22-16-6-2-1-4-14(16)12-7-9-13(20)10-8-12/h1-10,15,17,21H,11H2,(H,22,23). The van der Waals surface area contributed by atoms with Gasteiger partial charge in [0.1, 0.15) is 5.82 Å². The monoisotopic (exact) mass is 330 g/mol. The van der Waals surface area contributed by atoms with Crippen molar-refractivity contribution in [3.63, 3.8) is 0 Å². The molecule has 118 valence electrons. The first-order valence-electron chi connectivity index (χ1n) is 7.35. The summed E-state index contributed by atoms with van der Waals surface area (Å²) in [7, 11) is 0. The van der Waals surface area contributed by atoms with Crippen LogP contribution in [0.25, 0.3) is 11.1 Å². The van der Waals surface area contributed by atoms with Crippen LogP contribution in [0.15, 0.2) is 60.7 Å². The Bertz CT molecular complexity index is 730. The second-order valence-corrected chi connectivity index (χ2v) is 5.78. The van der Waals surface area contributed by atoms with Gasteiger partial charge in [-0.15, -0.1) is 11.6 Å². The normalized spacial score (nSPS) is 20.3. The Morgan fingerprint density at radius 3 is 2.65 bits per heavy atom. The van der Waals surface area contributed by atoms with Gasteiger partial charge in [-0.1, -0.05) is 42.5 Å². The van der Waals surface area contributed by atoms with Gasteiger partial charge < -0.3 is 5.32 Å². The molecule has 1 amide bonds. The van der Waals surface area contributed by atoms with Crippen LogP contribution >= 0.6 is 11.6 Å². The molecule has 3 nitrogen and oxygen atoms in total. The van der Waals surface area contributed by atoms with Crippen molar-refractivity contribution < 1.29 is 9.18 Å². The molecule has 23 heavy (non-hydrogen) atoms. The van der Waals surface area contributed by atoms with E-state index >= 15 is 0 Å². The first kappa shape index (κ1) is 15.7. The quantitative estimate of drug-likeness (QED) is 0.511. The zero-order valence-corrected chi connectivity index (χ0v) is 13.1. The number of carbonyl (C=O) groups is 1. The van der Waals surface area contributed by atoms with Crippen LogP contribution in [0.5, 0.6) is 0 Å². The summed E-state index contributed by atoms with van der Waals surface area (Å²) in [5.41, 5.74) is 1.91. The minimum atomic E-state index is -0.438. The smallest absolute Gasteiger partial charge is 0.234 e. The highest BCUT2D eigenvalue weighted by Gasteiger charge is 2.26. The van der Waals surface area contributed by atoms with E-state index in [-0.39, 0.29) is 11.7 Å². The maximum atomic E-state index is 13.1. The fourth-order valence-corrected chi connectivity index (χ4v) is 2.82. The van der Waals surface area contributed by atoms with Gasteiger partial charge in [-0.3, -0.25) is 10.1 Å². The fourth-order valence-electron chi connectivity index (χ4n) is 2.53. The van der Waals surface area contributed by atoms with E-state index in [1.807, 2.05) is 36.4 Å². The minimum Gasteiger partial charge on any atom is -0.325 e. The number of benzene rings is 2. The van der Waals surface area contributed by atoms with Crippen molar-refractivity contribution >= 4 is 23.2 Å². The van der Waals surface area contributed by atoms with Gasteiger partial charge in [0.15, 0.2) is 0 Å². The third-order valence-electron chi connectivity index (χ3n) is 3.73. The van der Waals surface area contributed by atoms with E-state index in [4.69, 9.17) is 11.6 Å². The van der Waals surface area contributed by atoms with Crippen molar-refractivity contribution in [3.8, 4) is 11.1 Å². The summed E-state index contributed by atoms with van der Waals surface area (Å²) in [6, 6.07) is 13.6. The van der Waals surface area contributed by atoms with Crippen LogP contribution in [0.2, 0.25) is 0 Å². The Kier molecular flexibility index (Phi) is 4.74. The maximum Gasteiger partial charge on any atom is 0.234 e. The molecule has 0 saturated heterocycles. The number of hydrogen-bond donors (Lipinski definition) is 2. The molecule has 2 N–H and O–H groups in total. The molecule has 5 heteroatoms. The van der Waals surface area contributed by atoms with E-state index < -0.39 is 11.4 Å². The van der Waals surface area contributed by atoms with Crippen molar-refractivity contribution in [1.29, 1.82) is 0 Å². The predicted molar refractivity (Wildman–Crippen MR) is 90.7 cm³/mol. The lowest BCUT2D eigenvalue weighted by atomic mass is 10.0. The molecule has 2 aromatic carbocycles.